The van der Waals surface area contributed by atoms with Gasteiger partial charge in [0.2, 0.25) is 0 Å². The lowest BCUT2D eigenvalue weighted by Gasteiger charge is -2.07. The van der Waals surface area contributed by atoms with Crippen molar-refractivity contribution in [2.75, 3.05) is 12.9 Å². The van der Waals surface area contributed by atoms with Gasteiger partial charge in [0.1, 0.15) is 16.5 Å². The summed E-state index contributed by atoms with van der Waals surface area (Å²) in [6.07, 6.45) is 1.22. The zero-order valence-corrected chi connectivity index (χ0v) is 9.52. The van der Waals surface area contributed by atoms with Crippen molar-refractivity contribution in [2.45, 2.75) is 17.7 Å². The quantitative estimate of drug-likeness (QED) is 0.876. The average Bonchev–Trinajstić information content (AvgIpc) is 2.14. The number of aliphatic hydroxyl groups excluding tert-OH is 1. The maximum absolute atomic E-state index is 13.7. The van der Waals surface area contributed by atoms with Gasteiger partial charge in [0.25, 0.3) is 0 Å². The van der Waals surface area contributed by atoms with E-state index in [0.29, 0.717) is 6.42 Å². The van der Waals surface area contributed by atoms with Gasteiger partial charge in [-0.3, -0.25) is 0 Å². The number of sulfone groups is 1. The first-order valence-corrected chi connectivity index (χ1v) is 6.55. The van der Waals surface area contributed by atoms with E-state index in [0.717, 1.165) is 12.3 Å². The predicted molar refractivity (Wildman–Crippen MR) is 54.9 cm³/mol. The molecule has 0 aliphatic heterocycles. The van der Waals surface area contributed by atoms with Crippen molar-refractivity contribution in [1.29, 1.82) is 0 Å². The van der Waals surface area contributed by atoms with Gasteiger partial charge in [-0.15, -0.1) is 0 Å². The van der Waals surface area contributed by atoms with Crippen LogP contribution in [-0.4, -0.2) is 26.4 Å². The summed E-state index contributed by atoms with van der Waals surface area (Å²) in [6.45, 7) is -0.134. The lowest BCUT2D eigenvalue weighted by Crippen LogP contribution is -2.07. The predicted octanol–water partition coefficient (Wildman–Crippen LogP) is 1.29. The number of benzene rings is 1. The largest absolute Gasteiger partial charge is 0.396 e. The van der Waals surface area contributed by atoms with Gasteiger partial charge < -0.3 is 5.11 Å². The van der Waals surface area contributed by atoms with E-state index in [2.05, 4.69) is 0 Å². The molecule has 0 atom stereocenters. The Labute approximate surface area is 92.6 Å². The Morgan fingerprint density at radius 2 is 1.94 bits per heavy atom. The summed E-state index contributed by atoms with van der Waals surface area (Å²) in [7, 11) is -3.92. The van der Waals surface area contributed by atoms with Crippen LogP contribution in [0.1, 0.15) is 12.0 Å². The van der Waals surface area contributed by atoms with Gasteiger partial charge in [-0.25, -0.2) is 17.2 Å². The summed E-state index contributed by atoms with van der Waals surface area (Å²) in [5.74, 6) is -2.15. The van der Waals surface area contributed by atoms with Gasteiger partial charge in [0.05, 0.1) is 0 Å². The molecule has 0 aromatic heterocycles. The SMILES string of the molecule is CS(=O)(=O)c1c(F)ccc(CCCO)c1F. The van der Waals surface area contributed by atoms with Crippen molar-refractivity contribution in [3.8, 4) is 0 Å². The van der Waals surface area contributed by atoms with E-state index in [-0.39, 0.29) is 18.6 Å². The van der Waals surface area contributed by atoms with Gasteiger partial charge >= 0.3 is 0 Å². The van der Waals surface area contributed by atoms with Crippen LogP contribution in [-0.2, 0) is 16.3 Å². The second kappa shape index (κ2) is 4.88. The number of aryl methyl sites for hydroxylation is 1. The molecule has 0 heterocycles. The molecule has 16 heavy (non-hydrogen) atoms. The van der Waals surface area contributed by atoms with Crippen molar-refractivity contribution in [2.24, 2.45) is 0 Å². The molecule has 0 saturated heterocycles. The Balaban J connectivity index is 3.28. The van der Waals surface area contributed by atoms with Crippen LogP contribution in [0.3, 0.4) is 0 Å². The molecule has 1 aromatic carbocycles. The van der Waals surface area contributed by atoms with Crippen LogP contribution in [0.4, 0.5) is 8.78 Å². The molecule has 0 aliphatic rings. The van der Waals surface area contributed by atoms with Crippen LogP contribution in [0, 0.1) is 11.6 Å². The molecule has 0 amide bonds. The molecule has 6 heteroatoms. The Morgan fingerprint density at radius 3 is 2.44 bits per heavy atom. The smallest absolute Gasteiger partial charge is 0.181 e. The first-order valence-electron chi connectivity index (χ1n) is 4.65. The molecule has 0 saturated carbocycles. The Hall–Kier alpha value is -1.01. The summed E-state index contributed by atoms with van der Waals surface area (Å²) >= 11 is 0. The third kappa shape index (κ3) is 2.76. The third-order valence-electron chi connectivity index (χ3n) is 2.10. The van der Waals surface area contributed by atoms with E-state index in [1.54, 1.807) is 0 Å². The van der Waals surface area contributed by atoms with Crippen molar-refractivity contribution in [3.63, 3.8) is 0 Å². The summed E-state index contributed by atoms with van der Waals surface area (Å²) < 4.78 is 49.2. The average molecular weight is 250 g/mol. The molecule has 0 bridgehead atoms. The summed E-state index contributed by atoms with van der Waals surface area (Å²) in [6, 6.07) is 2.11. The van der Waals surface area contributed by atoms with Crippen LogP contribution in [0.5, 0.6) is 0 Å². The zero-order valence-electron chi connectivity index (χ0n) is 8.70. The lowest BCUT2D eigenvalue weighted by molar-refractivity contribution is 0.288. The molecule has 0 radical (unpaired) electrons. The fourth-order valence-corrected chi connectivity index (χ4v) is 2.25. The molecule has 0 aliphatic carbocycles. The second-order valence-corrected chi connectivity index (χ2v) is 5.40. The van der Waals surface area contributed by atoms with Gasteiger partial charge in [-0.1, -0.05) is 6.07 Å². The van der Waals surface area contributed by atoms with Crippen molar-refractivity contribution in [3.05, 3.63) is 29.3 Å². The normalized spacial score (nSPS) is 11.8. The number of aliphatic hydroxyl groups is 1. The molecule has 3 nitrogen and oxygen atoms in total. The van der Waals surface area contributed by atoms with E-state index < -0.39 is 26.4 Å². The Kier molecular flexibility index (Phi) is 3.98. The third-order valence-corrected chi connectivity index (χ3v) is 3.22. The van der Waals surface area contributed by atoms with Gasteiger partial charge in [-0.2, -0.15) is 0 Å². The van der Waals surface area contributed by atoms with E-state index in [9.17, 15) is 17.2 Å². The summed E-state index contributed by atoms with van der Waals surface area (Å²) in [5, 5.41) is 8.59. The molecule has 1 aromatic rings. The highest BCUT2D eigenvalue weighted by atomic mass is 32.2. The molecular formula is C10H12F2O3S. The number of hydrogen-bond donors (Lipinski definition) is 1. The van der Waals surface area contributed by atoms with Gasteiger partial charge in [0.15, 0.2) is 9.84 Å². The van der Waals surface area contributed by atoms with Crippen LogP contribution in [0.2, 0.25) is 0 Å². The van der Waals surface area contributed by atoms with Gasteiger partial charge in [0, 0.05) is 12.9 Å². The number of hydrogen-bond acceptors (Lipinski definition) is 3. The zero-order chi connectivity index (χ0) is 12.3. The molecule has 90 valence electrons. The Bertz CT molecular complexity index is 483. The van der Waals surface area contributed by atoms with E-state index in [1.165, 1.54) is 6.07 Å². The fraction of sp³-hybridized carbons (Fsp3) is 0.400. The van der Waals surface area contributed by atoms with Crippen LogP contribution >= 0.6 is 0 Å². The minimum absolute atomic E-state index is 0.0934. The molecule has 0 fully saturated rings. The summed E-state index contributed by atoms with van der Waals surface area (Å²) in [5.41, 5.74) is 0.0934. The minimum atomic E-state index is -3.92. The first-order chi connectivity index (χ1) is 7.38. The van der Waals surface area contributed by atoms with E-state index in [4.69, 9.17) is 5.11 Å². The number of halogens is 2. The molecule has 1 rings (SSSR count). The monoisotopic (exact) mass is 250 g/mol. The molecular weight excluding hydrogens is 238 g/mol. The maximum Gasteiger partial charge on any atom is 0.181 e. The fourth-order valence-electron chi connectivity index (χ4n) is 1.38. The second-order valence-electron chi connectivity index (χ2n) is 3.45. The van der Waals surface area contributed by atoms with Crippen LogP contribution in [0.15, 0.2) is 17.0 Å². The first kappa shape index (κ1) is 13.1. The van der Waals surface area contributed by atoms with E-state index in [1.807, 2.05) is 0 Å². The minimum Gasteiger partial charge on any atom is -0.396 e. The van der Waals surface area contributed by atoms with Gasteiger partial charge in [-0.05, 0) is 24.5 Å². The Morgan fingerprint density at radius 1 is 1.31 bits per heavy atom. The maximum atomic E-state index is 13.7. The van der Waals surface area contributed by atoms with Crippen LogP contribution < -0.4 is 0 Å². The standard InChI is InChI=1S/C10H12F2O3S/c1-16(14,15)10-8(11)5-4-7(9(10)12)3-2-6-13/h4-5,13H,2-3,6H2,1H3. The van der Waals surface area contributed by atoms with Crippen LogP contribution in [0.25, 0.3) is 0 Å². The topological polar surface area (TPSA) is 54.4 Å². The van der Waals surface area contributed by atoms with Crippen molar-refractivity contribution in [1.82, 2.24) is 0 Å². The van der Waals surface area contributed by atoms with E-state index >= 15 is 0 Å². The highest BCUT2D eigenvalue weighted by Crippen LogP contribution is 2.22. The van der Waals surface area contributed by atoms with Crippen molar-refractivity contribution < 1.29 is 22.3 Å². The highest BCUT2D eigenvalue weighted by molar-refractivity contribution is 7.90. The molecule has 1 N–H and O–H groups in total. The lowest BCUT2D eigenvalue weighted by atomic mass is 10.1. The van der Waals surface area contributed by atoms with Crippen molar-refractivity contribution >= 4 is 9.84 Å². The summed E-state index contributed by atoms with van der Waals surface area (Å²) in [4.78, 5) is -0.900. The molecule has 0 unspecified atom stereocenters. The highest BCUT2D eigenvalue weighted by Gasteiger charge is 2.21. The molecule has 0 spiro atoms. The number of rotatable bonds is 4.